The van der Waals surface area contributed by atoms with Crippen LogP contribution in [0.15, 0.2) is 97.2 Å². The molecule has 1 rings (SSSR count). The Morgan fingerprint density at radius 3 is 1.45 bits per heavy atom. The summed E-state index contributed by atoms with van der Waals surface area (Å²) in [7, 11) is 0. The molecule has 1 aliphatic heterocycles. The topological polar surface area (TPSA) is 152 Å². The van der Waals surface area contributed by atoms with Gasteiger partial charge in [0.2, 0.25) is 0 Å². The Hall–Kier alpha value is -3.38. The number of hydrogen-bond acceptors (Lipinski definition) is 10. The summed E-state index contributed by atoms with van der Waals surface area (Å²) in [5.41, 5.74) is 0. The third kappa shape index (κ3) is 27.0. The van der Waals surface area contributed by atoms with Crippen molar-refractivity contribution in [1.29, 1.82) is 0 Å². The van der Waals surface area contributed by atoms with Gasteiger partial charge in [0.05, 0.1) is 13.2 Å². The molecule has 1 saturated heterocycles. The van der Waals surface area contributed by atoms with E-state index in [1.54, 1.807) is 0 Å². The van der Waals surface area contributed by atoms with Gasteiger partial charge < -0.3 is 39.4 Å². The van der Waals surface area contributed by atoms with Gasteiger partial charge in [-0.3, -0.25) is 9.59 Å². The Bertz CT molecular complexity index is 1210. The zero-order valence-corrected chi connectivity index (χ0v) is 33.4. The van der Waals surface area contributed by atoms with Crippen molar-refractivity contribution >= 4 is 11.9 Å². The maximum atomic E-state index is 12.7. The Kier molecular flexibility index (Phi) is 31.6. The van der Waals surface area contributed by atoms with Gasteiger partial charge in [-0.2, -0.15) is 0 Å². The minimum atomic E-state index is -1.61. The zero-order valence-electron chi connectivity index (χ0n) is 33.4. The number of rotatable bonds is 31. The Balaban J connectivity index is 2.46. The summed E-state index contributed by atoms with van der Waals surface area (Å²) < 4.78 is 22.0. The Morgan fingerprint density at radius 2 is 1.00 bits per heavy atom. The second kappa shape index (κ2) is 35.1. The van der Waals surface area contributed by atoms with Crippen molar-refractivity contribution in [2.45, 2.75) is 153 Å². The van der Waals surface area contributed by atoms with Gasteiger partial charge in [0.1, 0.15) is 31.0 Å². The fourth-order valence-electron chi connectivity index (χ4n) is 5.28. The average Bonchev–Trinajstić information content (AvgIpc) is 3.18. The molecule has 1 aliphatic rings. The summed E-state index contributed by atoms with van der Waals surface area (Å²) in [6, 6.07) is 0. The largest absolute Gasteiger partial charge is 0.462 e. The molecule has 1 heterocycles. The fraction of sp³-hybridized carbons (Fsp3) is 0.600. The lowest BCUT2D eigenvalue weighted by Crippen LogP contribution is -2.59. The average molecular weight is 771 g/mol. The van der Waals surface area contributed by atoms with E-state index in [1.807, 2.05) is 0 Å². The van der Waals surface area contributed by atoms with Crippen LogP contribution in [0.5, 0.6) is 0 Å². The highest BCUT2D eigenvalue weighted by atomic mass is 16.7. The van der Waals surface area contributed by atoms with Gasteiger partial charge in [-0.05, 0) is 89.9 Å². The van der Waals surface area contributed by atoms with E-state index >= 15 is 0 Å². The van der Waals surface area contributed by atoms with Crippen molar-refractivity contribution in [3.8, 4) is 0 Å². The monoisotopic (exact) mass is 770 g/mol. The predicted octanol–water partition coefficient (Wildman–Crippen LogP) is 7.99. The molecular weight excluding hydrogens is 700 g/mol. The van der Waals surface area contributed by atoms with Gasteiger partial charge in [0, 0.05) is 12.8 Å². The molecule has 0 saturated carbocycles. The predicted molar refractivity (Wildman–Crippen MR) is 219 cm³/mol. The van der Waals surface area contributed by atoms with Crippen LogP contribution in [-0.4, -0.2) is 89.0 Å². The highest BCUT2D eigenvalue weighted by Crippen LogP contribution is 2.22. The van der Waals surface area contributed by atoms with Crippen LogP contribution >= 0.6 is 0 Å². The first kappa shape index (κ1) is 49.6. The highest BCUT2D eigenvalue weighted by Gasteiger charge is 2.44. The lowest BCUT2D eigenvalue weighted by atomic mass is 9.99. The third-order valence-corrected chi connectivity index (χ3v) is 8.46. The number of carbonyl (C=O) groups is 2. The lowest BCUT2D eigenvalue weighted by Gasteiger charge is -2.39. The van der Waals surface area contributed by atoms with Crippen molar-refractivity contribution < 1.29 is 49.0 Å². The zero-order chi connectivity index (χ0) is 40.2. The molecule has 0 amide bonds. The van der Waals surface area contributed by atoms with Gasteiger partial charge in [-0.15, -0.1) is 0 Å². The first-order valence-corrected chi connectivity index (χ1v) is 20.3. The molecule has 0 aliphatic carbocycles. The number of esters is 2. The van der Waals surface area contributed by atoms with E-state index in [9.17, 15) is 30.0 Å². The molecule has 0 spiro atoms. The Morgan fingerprint density at radius 1 is 0.564 bits per heavy atom. The van der Waals surface area contributed by atoms with Gasteiger partial charge in [0.15, 0.2) is 12.4 Å². The summed E-state index contributed by atoms with van der Waals surface area (Å²) in [5, 5.41) is 40.0. The quantitative estimate of drug-likeness (QED) is 0.0310. The fourth-order valence-corrected chi connectivity index (χ4v) is 5.28. The van der Waals surface area contributed by atoms with Crippen molar-refractivity contribution in [3.63, 3.8) is 0 Å². The van der Waals surface area contributed by atoms with Crippen LogP contribution in [0.4, 0.5) is 0 Å². The third-order valence-electron chi connectivity index (χ3n) is 8.46. The molecular formula is C45H70O10. The lowest BCUT2D eigenvalue weighted by molar-refractivity contribution is -0.305. The molecule has 0 aromatic heterocycles. The summed E-state index contributed by atoms with van der Waals surface area (Å²) >= 11 is 0. The summed E-state index contributed by atoms with van der Waals surface area (Å²) in [6.45, 7) is 3.07. The van der Waals surface area contributed by atoms with Gasteiger partial charge in [-0.25, -0.2) is 0 Å². The Labute approximate surface area is 330 Å². The van der Waals surface area contributed by atoms with Crippen LogP contribution in [0.3, 0.4) is 0 Å². The minimum Gasteiger partial charge on any atom is -0.462 e. The highest BCUT2D eigenvalue weighted by molar-refractivity contribution is 5.70. The molecule has 10 nitrogen and oxygen atoms in total. The van der Waals surface area contributed by atoms with E-state index in [2.05, 4.69) is 111 Å². The van der Waals surface area contributed by atoms with Crippen molar-refractivity contribution in [2.24, 2.45) is 0 Å². The van der Waals surface area contributed by atoms with E-state index in [-0.39, 0.29) is 26.1 Å². The number of allylic oxidation sites excluding steroid dienone is 16. The van der Waals surface area contributed by atoms with E-state index in [0.717, 1.165) is 77.0 Å². The molecule has 0 aromatic carbocycles. The molecule has 6 atom stereocenters. The van der Waals surface area contributed by atoms with E-state index in [0.29, 0.717) is 12.8 Å². The number of ether oxygens (including phenoxy) is 4. The molecule has 10 heteroatoms. The number of aliphatic hydroxyl groups excluding tert-OH is 4. The summed E-state index contributed by atoms with van der Waals surface area (Å²) in [5.74, 6) is -0.918. The van der Waals surface area contributed by atoms with E-state index in [1.165, 1.54) is 0 Å². The number of unbranched alkanes of at least 4 members (excludes halogenated alkanes) is 4. The number of hydrogen-bond donors (Lipinski definition) is 4. The molecule has 1 fully saturated rings. The standard InChI is InChI=1S/C45H70O10/c1-3-5-7-9-11-13-15-17-19-21-23-25-27-29-31-33-40(47)52-36-38(37-53-45-44(51)43(50)42(49)39(35-46)55-45)54-41(48)34-32-30-28-26-24-22-20-18-16-14-12-10-8-6-4-2/h5-8,11-14,17-20,23-26,38-39,42-46,49-51H,3-4,9-10,15-16,21-22,27-37H2,1-2H3. The normalized spacial score (nSPS) is 21.6. The maximum absolute atomic E-state index is 12.7. The molecule has 4 N–H and O–H groups in total. The molecule has 310 valence electrons. The number of carbonyl (C=O) groups excluding carboxylic acids is 2. The molecule has 0 bridgehead atoms. The second-order valence-electron chi connectivity index (χ2n) is 13.3. The number of aliphatic hydroxyl groups is 4. The van der Waals surface area contributed by atoms with Crippen LogP contribution in [-0.2, 0) is 28.5 Å². The molecule has 0 aromatic rings. The minimum absolute atomic E-state index is 0.162. The van der Waals surface area contributed by atoms with Crippen LogP contribution in [0, 0.1) is 0 Å². The van der Waals surface area contributed by atoms with Gasteiger partial charge in [0.25, 0.3) is 0 Å². The van der Waals surface area contributed by atoms with E-state index in [4.69, 9.17) is 18.9 Å². The smallest absolute Gasteiger partial charge is 0.306 e. The SMILES string of the molecule is CCC=CCC=CCC=CCC=CCCCCC(=O)OCC(COC1OC(CO)C(O)C(O)C1O)OC(=O)CCCCC=CCC=CCC=CCC=CCC. The maximum Gasteiger partial charge on any atom is 0.306 e. The van der Waals surface area contributed by atoms with E-state index < -0.39 is 55.4 Å². The van der Waals surface area contributed by atoms with Crippen molar-refractivity contribution in [2.75, 3.05) is 19.8 Å². The van der Waals surface area contributed by atoms with Crippen LogP contribution in [0.25, 0.3) is 0 Å². The van der Waals surface area contributed by atoms with Crippen molar-refractivity contribution in [3.05, 3.63) is 97.2 Å². The molecule has 6 unspecified atom stereocenters. The van der Waals surface area contributed by atoms with Gasteiger partial charge in [-0.1, -0.05) is 111 Å². The first-order chi connectivity index (χ1) is 26.8. The van der Waals surface area contributed by atoms with Crippen molar-refractivity contribution in [1.82, 2.24) is 0 Å². The van der Waals surface area contributed by atoms with Crippen LogP contribution in [0.1, 0.15) is 117 Å². The van der Waals surface area contributed by atoms with Gasteiger partial charge >= 0.3 is 11.9 Å². The van der Waals surface area contributed by atoms with Crippen LogP contribution < -0.4 is 0 Å². The molecule has 55 heavy (non-hydrogen) atoms. The summed E-state index contributed by atoms with van der Waals surface area (Å²) in [6.07, 6.45) is 38.5. The van der Waals surface area contributed by atoms with Crippen LogP contribution in [0.2, 0.25) is 0 Å². The second-order valence-corrected chi connectivity index (χ2v) is 13.3. The summed E-state index contributed by atoms with van der Waals surface area (Å²) in [4.78, 5) is 25.2. The first-order valence-electron chi connectivity index (χ1n) is 20.3. The molecule has 0 radical (unpaired) electrons.